The van der Waals surface area contributed by atoms with E-state index in [1.807, 2.05) is 0 Å². The maximum absolute atomic E-state index is 10.3. The van der Waals surface area contributed by atoms with Crippen LogP contribution in [0, 0.1) is 11.3 Å². The Morgan fingerprint density at radius 2 is 1.92 bits per heavy atom. The van der Waals surface area contributed by atoms with Crippen LogP contribution in [0.15, 0.2) is 11.8 Å². The first kappa shape index (κ1) is 11.0. The lowest BCUT2D eigenvalue weighted by Gasteiger charge is -2.06. The number of hydrogen-bond acceptors (Lipinski definition) is 4. The van der Waals surface area contributed by atoms with Gasteiger partial charge in [0.1, 0.15) is 0 Å². The normalized spacial score (nSPS) is 10.7. The molecule has 0 atom stereocenters. The maximum Gasteiger partial charge on any atom is 0.337 e. The molecule has 0 aromatic heterocycles. The molecule has 70 valence electrons. The number of aliphatic carboxylic acids is 2. The average molecular weight is 184 g/mol. The minimum atomic E-state index is -1.72. The van der Waals surface area contributed by atoms with Crippen LogP contribution in [-0.2, 0) is 9.59 Å². The number of allylic oxidation sites excluding steroid dienone is 1. The topological polar surface area (TPSA) is 110 Å². The fourth-order valence-electron chi connectivity index (χ4n) is 0.489. The van der Waals surface area contributed by atoms with Crippen LogP contribution in [0.2, 0.25) is 0 Å². The number of nitriles is 1. The Bertz CT molecular complexity index is 275. The lowest BCUT2D eigenvalue weighted by Crippen LogP contribution is -2.40. The van der Waals surface area contributed by atoms with Gasteiger partial charge in [-0.1, -0.05) is 0 Å². The summed E-state index contributed by atoms with van der Waals surface area (Å²) in [5.74, 6) is -3.01. The fourth-order valence-corrected chi connectivity index (χ4v) is 0.489. The lowest BCUT2D eigenvalue weighted by molar-refractivity contribution is -0.150. The highest BCUT2D eigenvalue weighted by Crippen LogP contribution is 1.89. The van der Waals surface area contributed by atoms with Crippen molar-refractivity contribution in [1.82, 2.24) is 5.32 Å². The summed E-state index contributed by atoms with van der Waals surface area (Å²) < 4.78 is 0. The van der Waals surface area contributed by atoms with Crippen LogP contribution >= 0.6 is 0 Å². The van der Waals surface area contributed by atoms with Gasteiger partial charge < -0.3 is 15.5 Å². The summed E-state index contributed by atoms with van der Waals surface area (Å²) >= 11 is 0. The van der Waals surface area contributed by atoms with E-state index in [-0.39, 0.29) is 5.57 Å². The Hall–Kier alpha value is -2.03. The molecule has 0 heterocycles. The Kier molecular flexibility index (Phi) is 4.02. The Morgan fingerprint density at radius 1 is 1.46 bits per heavy atom. The SMILES string of the molecule is CC(C#N)=CNC(C(=O)O)C(=O)O. The molecular formula is C7H8N2O4. The molecular weight excluding hydrogens is 176 g/mol. The highest BCUT2D eigenvalue weighted by molar-refractivity contribution is 5.97. The highest BCUT2D eigenvalue weighted by atomic mass is 16.4. The molecule has 0 aromatic carbocycles. The number of nitrogens with one attached hydrogen (secondary N) is 1. The van der Waals surface area contributed by atoms with Gasteiger partial charge in [0.25, 0.3) is 0 Å². The summed E-state index contributed by atoms with van der Waals surface area (Å²) in [7, 11) is 0. The predicted octanol–water partition coefficient (Wildman–Crippen LogP) is -0.459. The van der Waals surface area contributed by atoms with Crippen molar-refractivity contribution in [3.8, 4) is 6.07 Å². The van der Waals surface area contributed by atoms with E-state index < -0.39 is 18.0 Å². The largest absolute Gasteiger partial charge is 0.479 e. The first-order valence-corrected chi connectivity index (χ1v) is 3.27. The van der Waals surface area contributed by atoms with E-state index in [1.54, 1.807) is 6.07 Å². The van der Waals surface area contributed by atoms with Crippen LogP contribution in [0.1, 0.15) is 6.92 Å². The molecule has 0 aromatic rings. The standard InChI is InChI=1S/C7H8N2O4/c1-4(2-8)3-9-5(6(10)11)7(12)13/h3,5,9H,1H3,(H,10,11)(H,12,13). The fraction of sp³-hybridized carbons (Fsp3) is 0.286. The van der Waals surface area contributed by atoms with Crippen molar-refractivity contribution in [2.24, 2.45) is 0 Å². The van der Waals surface area contributed by atoms with Gasteiger partial charge in [-0.2, -0.15) is 5.26 Å². The van der Waals surface area contributed by atoms with Crippen LogP contribution in [0.25, 0.3) is 0 Å². The molecule has 0 amide bonds. The second kappa shape index (κ2) is 4.77. The quantitative estimate of drug-likeness (QED) is 0.402. The lowest BCUT2D eigenvalue weighted by atomic mass is 10.3. The predicted molar refractivity (Wildman–Crippen MR) is 41.6 cm³/mol. The number of carboxylic acid groups (broad SMARTS) is 2. The summed E-state index contributed by atoms with van der Waals surface area (Å²) in [6.07, 6.45) is 1.05. The third-order valence-electron chi connectivity index (χ3n) is 1.14. The first-order chi connectivity index (χ1) is 5.99. The minimum Gasteiger partial charge on any atom is -0.479 e. The number of rotatable bonds is 4. The third-order valence-corrected chi connectivity index (χ3v) is 1.14. The van der Waals surface area contributed by atoms with E-state index in [9.17, 15) is 9.59 Å². The van der Waals surface area contributed by atoms with Gasteiger partial charge in [0.15, 0.2) is 0 Å². The summed E-state index contributed by atoms with van der Waals surface area (Å²) in [5, 5.41) is 27.1. The van der Waals surface area contributed by atoms with Crippen LogP contribution in [0.5, 0.6) is 0 Å². The van der Waals surface area contributed by atoms with E-state index >= 15 is 0 Å². The van der Waals surface area contributed by atoms with Crippen molar-refractivity contribution in [2.45, 2.75) is 13.0 Å². The van der Waals surface area contributed by atoms with Gasteiger partial charge in [-0.25, -0.2) is 9.59 Å². The number of hydrogen-bond donors (Lipinski definition) is 3. The van der Waals surface area contributed by atoms with E-state index in [0.29, 0.717) is 0 Å². The molecule has 0 saturated heterocycles. The van der Waals surface area contributed by atoms with Crippen molar-refractivity contribution < 1.29 is 19.8 Å². The Morgan fingerprint density at radius 3 is 2.23 bits per heavy atom. The first-order valence-electron chi connectivity index (χ1n) is 3.27. The molecule has 6 heteroatoms. The summed E-state index contributed by atoms with van der Waals surface area (Å²) in [6.45, 7) is 1.42. The zero-order valence-corrected chi connectivity index (χ0v) is 6.81. The molecule has 0 saturated carbocycles. The van der Waals surface area contributed by atoms with Crippen molar-refractivity contribution in [3.05, 3.63) is 11.8 Å². The van der Waals surface area contributed by atoms with Gasteiger partial charge in [-0.05, 0) is 6.92 Å². The zero-order valence-electron chi connectivity index (χ0n) is 6.81. The van der Waals surface area contributed by atoms with Gasteiger partial charge in [-0.15, -0.1) is 0 Å². The number of carbonyl (C=O) groups is 2. The molecule has 0 rings (SSSR count). The van der Waals surface area contributed by atoms with Crippen LogP contribution < -0.4 is 5.32 Å². The summed E-state index contributed by atoms with van der Waals surface area (Å²) in [6, 6.07) is -0.00829. The Balaban J connectivity index is 4.39. The molecule has 0 radical (unpaired) electrons. The molecule has 0 aliphatic carbocycles. The molecule has 0 aliphatic heterocycles. The maximum atomic E-state index is 10.3. The second-order valence-electron chi connectivity index (χ2n) is 2.22. The molecule has 0 bridgehead atoms. The molecule has 3 N–H and O–H groups in total. The Labute approximate surface area is 74.1 Å². The van der Waals surface area contributed by atoms with E-state index in [1.165, 1.54) is 6.92 Å². The number of carboxylic acids is 2. The van der Waals surface area contributed by atoms with Crippen LogP contribution in [0.3, 0.4) is 0 Å². The third kappa shape index (κ3) is 3.76. The van der Waals surface area contributed by atoms with Crippen LogP contribution in [-0.4, -0.2) is 28.2 Å². The highest BCUT2D eigenvalue weighted by Gasteiger charge is 2.23. The van der Waals surface area contributed by atoms with Crippen molar-refractivity contribution in [3.63, 3.8) is 0 Å². The molecule has 0 spiro atoms. The van der Waals surface area contributed by atoms with Crippen LogP contribution in [0.4, 0.5) is 0 Å². The van der Waals surface area contributed by atoms with Gasteiger partial charge >= 0.3 is 11.9 Å². The minimum absolute atomic E-state index is 0.201. The van der Waals surface area contributed by atoms with E-state index in [4.69, 9.17) is 15.5 Å². The second-order valence-corrected chi connectivity index (χ2v) is 2.22. The molecule has 0 aliphatic rings. The molecule has 13 heavy (non-hydrogen) atoms. The van der Waals surface area contributed by atoms with E-state index in [2.05, 4.69) is 5.32 Å². The summed E-state index contributed by atoms with van der Waals surface area (Å²) in [5.41, 5.74) is 0.201. The van der Waals surface area contributed by atoms with E-state index in [0.717, 1.165) is 6.20 Å². The molecule has 0 unspecified atom stereocenters. The van der Waals surface area contributed by atoms with Gasteiger partial charge in [0.05, 0.1) is 6.07 Å². The van der Waals surface area contributed by atoms with Gasteiger partial charge in [-0.3, -0.25) is 0 Å². The van der Waals surface area contributed by atoms with Gasteiger partial charge in [0.2, 0.25) is 6.04 Å². The number of nitrogens with zero attached hydrogens (tertiary/aromatic N) is 1. The van der Waals surface area contributed by atoms with Crippen molar-refractivity contribution in [2.75, 3.05) is 0 Å². The molecule has 0 fully saturated rings. The van der Waals surface area contributed by atoms with Crippen molar-refractivity contribution >= 4 is 11.9 Å². The zero-order chi connectivity index (χ0) is 10.4. The monoisotopic (exact) mass is 184 g/mol. The van der Waals surface area contributed by atoms with Gasteiger partial charge in [0, 0.05) is 11.8 Å². The van der Waals surface area contributed by atoms with Crippen molar-refractivity contribution in [1.29, 1.82) is 5.26 Å². The smallest absolute Gasteiger partial charge is 0.337 e. The average Bonchev–Trinajstić information content (AvgIpc) is 2.03. The molecule has 6 nitrogen and oxygen atoms in total. The summed E-state index contributed by atoms with van der Waals surface area (Å²) in [4.78, 5) is 20.6.